The maximum Gasteiger partial charge on any atom is 0.311 e. The Kier molecular flexibility index (Phi) is 6.92. The molecule has 0 bridgehead atoms. The lowest BCUT2D eigenvalue weighted by Crippen LogP contribution is -2.49. The van der Waals surface area contributed by atoms with Crippen LogP contribution in [0.25, 0.3) is 0 Å². The lowest BCUT2D eigenvalue weighted by Gasteiger charge is -2.36. The molecular formula is C25H34N4O4S. The molecule has 184 valence electrons. The van der Waals surface area contributed by atoms with Crippen LogP contribution in [0.5, 0.6) is 5.75 Å². The molecular weight excluding hydrogens is 452 g/mol. The van der Waals surface area contributed by atoms with Crippen LogP contribution in [0, 0.1) is 0 Å². The van der Waals surface area contributed by atoms with Crippen molar-refractivity contribution >= 4 is 15.7 Å². The van der Waals surface area contributed by atoms with Gasteiger partial charge in [-0.15, -0.1) is 0 Å². The zero-order valence-corrected chi connectivity index (χ0v) is 20.5. The third kappa shape index (κ3) is 5.00. The Morgan fingerprint density at radius 1 is 0.912 bits per heavy atom. The van der Waals surface area contributed by atoms with Crippen molar-refractivity contribution in [2.45, 2.75) is 69.3 Å². The summed E-state index contributed by atoms with van der Waals surface area (Å²) in [6, 6.07) is 9.42. The molecule has 2 aliphatic carbocycles. The van der Waals surface area contributed by atoms with Gasteiger partial charge in [-0.2, -0.15) is 9.40 Å². The van der Waals surface area contributed by atoms with Crippen molar-refractivity contribution in [1.82, 2.24) is 14.1 Å². The summed E-state index contributed by atoms with van der Waals surface area (Å²) >= 11 is 0. The number of rotatable bonds is 7. The van der Waals surface area contributed by atoms with Crippen LogP contribution in [0.2, 0.25) is 0 Å². The fourth-order valence-corrected chi connectivity index (χ4v) is 6.96. The summed E-state index contributed by atoms with van der Waals surface area (Å²) in [7, 11) is -3.40. The smallest absolute Gasteiger partial charge is 0.311 e. The number of piperazine rings is 1. The first-order chi connectivity index (χ1) is 16.5. The molecule has 0 N–H and O–H groups in total. The van der Waals surface area contributed by atoms with E-state index in [0.717, 1.165) is 56.9 Å². The summed E-state index contributed by atoms with van der Waals surface area (Å²) in [6.07, 6.45) is 10.2. The van der Waals surface area contributed by atoms with E-state index in [2.05, 4.69) is 10.00 Å². The SMILES string of the molecule is O=c1c(OC2CCCC2)c(N2CCN(S(=O)(=O)Cc3ccccc3)CC2)cnn1C1CCCC1. The number of ether oxygens (including phenoxy) is 1. The van der Waals surface area contributed by atoms with Crippen LogP contribution in [0.15, 0.2) is 41.3 Å². The minimum absolute atomic E-state index is 0.00285. The molecule has 0 amide bonds. The van der Waals surface area contributed by atoms with Crippen LogP contribution in [-0.2, 0) is 15.8 Å². The third-order valence-electron chi connectivity index (χ3n) is 7.36. The molecule has 5 rings (SSSR count). The molecule has 0 spiro atoms. The van der Waals surface area contributed by atoms with Gasteiger partial charge in [0.1, 0.15) is 5.69 Å². The Morgan fingerprint density at radius 3 is 2.24 bits per heavy atom. The maximum atomic E-state index is 13.5. The molecule has 34 heavy (non-hydrogen) atoms. The second kappa shape index (κ2) is 10.1. The number of sulfonamides is 1. The summed E-state index contributed by atoms with van der Waals surface area (Å²) in [6.45, 7) is 1.76. The number of hydrogen-bond acceptors (Lipinski definition) is 6. The van der Waals surface area contributed by atoms with E-state index in [1.165, 1.54) is 0 Å². The summed E-state index contributed by atoms with van der Waals surface area (Å²) in [5.74, 6) is 0.400. The third-order valence-corrected chi connectivity index (χ3v) is 9.21. The van der Waals surface area contributed by atoms with Gasteiger partial charge in [-0.1, -0.05) is 43.2 Å². The van der Waals surface area contributed by atoms with Crippen molar-refractivity contribution in [1.29, 1.82) is 0 Å². The highest BCUT2D eigenvalue weighted by Gasteiger charge is 2.31. The monoisotopic (exact) mass is 486 g/mol. The summed E-state index contributed by atoms with van der Waals surface area (Å²) < 4.78 is 35.4. The minimum atomic E-state index is -3.40. The van der Waals surface area contributed by atoms with E-state index in [1.54, 1.807) is 15.2 Å². The lowest BCUT2D eigenvalue weighted by atomic mass is 10.2. The van der Waals surface area contributed by atoms with Crippen molar-refractivity contribution in [2.75, 3.05) is 31.1 Å². The molecule has 8 nitrogen and oxygen atoms in total. The highest BCUT2D eigenvalue weighted by molar-refractivity contribution is 7.88. The predicted molar refractivity (Wildman–Crippen MR) is 132 cm³/mol. The summed E-state index contributed by atoms with van der Waals surface area (Å²) in [4.78, 5) is 15.5. The first-order valence-electron chi connectivity index (χ1n) is 12.6. The zero-order chi connectivity index (χ0) is 23.5. The minimum Gasteiger partial charge on any atom is -0.483 e. The largest absolute Gasteiger partial charge is 0.483 e. The van der Waals surface area contributed by atoms with Gasteiger partial charge in [0.25, 0.3) is 0 Å². The first-order valence-corrected chi connectivity index (χ1v) is 14.2. The van der Waals surface area contributed by atoms with Crippen molar-refractivity contribution in [3.8, 4) is 5.75 Å². The van der Waals surface area contributed by atoms with Gasteiger partial charge < -0.3 is 9.64 Å². The van der Waals surface area contributed by atoms with Crippen molar-refractivity contribution in [2.24, 2.45) is 0 Å². The van der Waals surface area contributed by atoms with E-state index in [0.29, 0.717) is 37.6 Å². The Labute approximate surface area is 201 Å². The van der Waals surface area contributed by atoms with Gasteiger partial charge in [-0.05, 0) is 44.1 Å². The molecule has 3 aliphatic rings. The molecule has 9 heteroatoms. The van der Waals surface area contributed by atoms with Crippen LogP contribution in [0.4, 0.5) is 5.69 Å². The second-order valence-corrected chi connectivity index (χ2v) is 11.7. The van der Waals surface area contributed by atoms with Gasteiger partial charge in [0.05, 0.1) is 24.1 Å². The predicted octanol–water partition coefficient (Wildman–Crippen LogP) is 3.33. The average Bonchev–Trinajstić information content (AvgIpc) is 3.56. The topological polar surface area (TPSA) is 84.7 Å². The van der Waals surface area contributed by atoms with E-state index in [1.807, 2.05) is 30.3 Å². The molecule has 2 heterocycles. The highest BCUT2D eigenvalue weighted by Crippen LogP contribution is 2.33. The van der Waals surface area contributed by atoms with E-state index in [-0.39, 0.29) is 23.5 Å². The molecule has 2 aromatic rings. The molecule has 0 radical (unpaired) electrons. The molecule has 1 aliphatic heterocycles. The Balaban J connectivity index is 1.34. The quantitative estimate of drug-likeness (QED) is 0.597. The fourth-order valence-electron chi connectivity index (χ4n) is 5.44. The van der Waals surface area contributed by atoms with Crippen LogP contribution >= 0.6 is 0 Å². The number of hydrogen-bond donors (Lipinski definition) is 0. The lowest BCUT2D eigenvalue weighted by molar-refractivity contribution is 0.203. The first kappa shape index (κ1) is 23.4. The Morgan fingerprint density at radius 2 is 1.56 bits per heavy atom. The van der Waals surface area contributed by atoms with Crippen LogP contribution < -0.4 is 15.2 Å². The molecule has 1 aromatic heterocycles. The summed E-state index contributed by atoms with van der Waals surface area (Å²) in [5.41, 5.74) is 1.35. The van der Waals surface area contributed by atoms with Gasteiger partial charge in [-0.25, -0.2) is 13.1 Å². The fraction of sp³-hybridized carbons (Fsp3) is 0.600. The number of anilines is 1. The average molecular weight is 487 g/mol. The molecule has 0 unspecified atom stereocenters. The van der Waals surface area contributed by atoms with Crippen molar-refractivity contribution in [3.63, 3.8) is 0 Å². The van der Waals surface area contributed by atoms with Crippen LogP contribution in [0.3, 0.4) is 0 Å². The molecule has 0 atom stereocenters. The van der Waals surface area contributed by atoms with Gasteiger partial charge in [-0.3, -0.25) is 4.79 Å². The van der Waals surface area contributed by atoms with E-state index >= 15 is 0 Å². The van der Waals surface area contributed by atoms with E-state index < -0.39 is 10.0 Å². The highest BCUT2D eigenvalue weighted by atomic mass is 32.2. The van der Waals surface area contributed by atoms with Crippen molar-refractivity contribution < 1.29 is 13.2 Å². The maximum absolute atomic E-state index is 13.5. The van der Waals surface area contributed by atoms with E-state index in [4.69, 9.17) is 4.74 Å². The summed E-state index contributed by atoms with van der Waals surface area (Å²) in [5, 5.41) is 4.54. The second-order valence-electron chi connectivity index (χ2n) is 9.70. The molecule has 2 saturated carbocycles. The van der Waals surface area contributed by atoms with Crippen molar-refractivity contribution in [3.05, 3.63) is 52.4 Å². The van der Waals surface area contributed by atoms with Gasteiger partial charge >= 0.3 is 5.56 Å². The molecule has 3 fully saturated rings. The van der Waals surface area contributed by atoms with Gasteiger partial charge in [0.2, 0.25) is 15.8 Å². The number of aromatic nitrogens is 2. The normalized spacial score (nSPS) is 20.8. The van der Waals surface area contributed by atoms with Gasteiger partial charge in [0.15, 0.2) is 0 Å². The Bertz CT molecular complexity index is 1130. The zero-order valence-electron chi connectivity index (χ0n) is 19.6. The molecule has 1 aromatic carbocycles. The number of nitrogens with zero attached hydrogens (tertiary/aromatic N) is 4. The standard InChI is InChI=1S/C25H34N4O4S/c30-25-24(33-22-12-6-7-13-22)23(18-26-29(25)21-10-4-5-11-21)27-14-16-28(17-15-27)34(31,32)19-20-8-2-1-3-9-20/h1-3,8-9,18,21-22H,4-7,10-17,19H2. The molecule has 1 saturated heterocycles. The van der Waals surface area contributed by atoms with Crippen LogP contribution in [0.1, 0.15) is 63.0 Å². The Hall–Kier alpha value is -2.39. The van der Waals surface area contributed by atoms with E-state index in [9.17, 15) is 13.2 Å². The van der Waals surface area contributed by atoms with Gasteiger partial charge in [0, 0.05) is 26.2 Å². The van der Waals surface area contributed by atoms with Crippen LogP contribution in [-0.4, -0.2) is 54.8 Å². The number of benzene rings is 1.